The Labute approximate surface area is 167 Å². The van der Waals surface area contributed by atoms with E-state index < -0.39 is 0 Å². The van der Waals surface area contributed by atoms with E-state index in [1.165, 1.54) is 24.8 Å². The molecule has 1 N–H and O–H groups in total. The SMILES string of the molecule is O=C(c1cccc(CCC2CCNCC2)c1)N1CCN(c2ccccn2)CC1. The Morgan fingerprint density at radius 3 is 2.61 bits per heavy atom. The summed E-state index contributed by atoms with van der Waals surface area (Å²) >= 11 is 0. The lowest BCUT2D eigenvalue weighted by Crippen LogP contribution is -2.49. The molecule has 148 valence electrons. The molecular formula is C23H30N4O. The molecule has 0 radical (unpaired) electrons. The third-order valence-electron chi connectivity index (χ3n) is 6.01. The molecule has 0 aliphatic carbocycles. The molecule has 2 saturated heterocycles. The standard InChI is InChI=1S/C23H30N4O/c28-23(27-16-14-26(15-17-27)22-6-1-2-11-25-22)21-5-3-4-20(18-21)8-7-19-9-12-24-13-10-19/h1-6,11,18-19,24H,7-10,12-17H2. The highest BCUT2D eigenvalue weighted by molar-refractivity contribution is 5.94. The average molecular weight is 379 g/mol. The predicted octanol–water partition coefficient (Wildman–Crippen LogP) is 2.98. The highest BCUT2D eigenvalue weighted by atomic mass is 16.2. The van der Waals surface area contributed by atoms with E-state index in [1.807, 2.05) is 41.4 Å². The molecule has 1 aromatic heterocycles. The molecule has 0 saturated carbocycles. The van der Waals surface area contributed by atoms with Crippen LogP contribution in [0, 0.1) is 5.92 Å². The zero-order chi connectivity index (χ0) is 19.2. The summed E-state index contributed by atoms with van der Waals surface area (Å²) in [7, 11) is 0. The molecule has 1 amide bonds. The zero-order valence-electron chi connectivity index (χ0n) is 16.5. The number of rotatable bonds is 5. The number of hydrogen-bond acceptors (Lipinski definition) is 4. The lowest BCUT2D eigenvalue weighted by molar-refractivity contribution is 0.0746. The summed E-state index contributed by atoms with van der Waals surface area (Å²) in [5.74, 6) is 1.97. The lowest BCUT2D eigenvalue weighted by Gasteiger charge is -2.35. The summed E-state index contributed by atoms with van der Waals surface area (Å²) in [6.45, 7) is 5.45. The third-order valence-corrected chi connectivity index (χ3v) is 6.01. The van der Waals surface area contributed by atoms with Crippen molar-refractivity contribution in [1.29, 1.82) is 0 Å². The number of nitrogens with zero attached hydrogens (tertiary/aromatic N) is 3. The number of piperazine rings is 1. The van der Waals surface area contributed by atoms with Gasteiger partial charge in [-0.3, -0.25) is 4.79 Å². The van der Waals surface area contributed by atoms with Crippen LogP contribution in [0.5, 0.6) is 0 Å². The number of aryl methyl sites for hydroxylation is 1. The molecule has 4 rings (SSSR count). The number of carbonyl (C=O) groups is 1. The summed E-state index contributed by atoms with van der Waals surface area (Å²) in [6.07, 6.45) is 6.67. The molecule has 0 atom stereocenters. The van der Waals surface area contributed by atoms with Crippen LogP contribution in [0.3, 0.4) is 0 Å². The predicted molar refractivity (Wildman–Crippen MR) is 113 cm³/mol. The van der Waals surface area contributed by atoms with Crippen LogP contribution in [0.2, 0.25) is 0 Å². The first-order chi connectivity index (χ1) is 13.8. The quantitative estimate of drug-likeness (QED) is 0.869. The van der Waals surface area contributed by atoms with Crippen LogP contribution in [0.4, 0.5) is 5.82 Å². The van der Waals surface area contributed by atoms with Gasteiger partial charge < -0.3 is 15.1 Å². The molecule has 5 nitrogen and oxygen atoms in total. The maximum absolute atomic E-state index is 13.0. The van der Waals surface area contributed by atoms with Crippen molar-refractivity contribution in [2.45, 2.75) is 25.7 Å². The molecule has 0 bridgehead atoms. The average Bonchev–Trinajstić information content (AvgIpc) is 2.79. The van der Waals surface area contributed by atoms with Crippen molar-refractivity contribution in [3.05, 3.63) is 59.8 Å². The van der Waals surface area contributed by atoms with E-state index in [2.05, 4.69) is 27.3 Å². The van der Waals surface area contributed by atoms with E-state index in [1.54, 1.807) is 0 Å². The molecule has 2 aromatic rings. The molecule has 2 fully saturated rings. The molecule has 3 heterocycles. The van der Waals surface area contributed by atoms with Crippen LogP contribution in [0.15, 0.2) is 48.7 Å². The molecule has 2 aliphatic heterocycles. The largest absolute Gasteiger partial charge is 0.353 e. The third kappa shape index (κ3) is 4.71. The first-order valence-corrected chi connectivity index (χ1v) is 10.5. The first-order valence-electron chi connectivity index (χ1n) is 10.5. The Morgan fingerprint density at radius 1 is 1.04 bits per heavy atom. The fraction of sp³-hybridized carbons (Fsp3) is 0.478. The van der Waals surface area contributed by atoms with Gasteiger partial charge in [-0.15, -0.1) is 0 Å². The van der Waals surface area contributed by atoms with Crippen LogP contribution in [0.1, 0.15) is 35.2 Å². The van der Waals surface area contributed by atoms with Crippen molar-refractivity contribution in [1.82, 2.24) is 15.2 Å². The van der Waals surface area contributed by atoms with Gasteiger partial charge in [-0.05, 0) is 74.5 Å². The van der Waals surface area contributed by atoms with Gasteiger partial charge in [-0.1, -0.05) is 18.2 Å². The van der Waals surface area contributed by atoms with Crippen molar-refractivity contribution in [3.8, 4) is 0 Å². The highest BCUT2D eigenvalue weighted by Gasteiger charge is 2.23. The van der Waals surface area contributed by atoms with E-state index >= 15 is 0 Å². The van der Waals surface area contributed by atoms with Crippen molar-refractivity contribution in [2.24, 2.45) is 5.92 Å². The Hall–Kier alpha value is -2.40. The maximum atomic E-state index is 13.0. The summed E-state index contributed by atoms with van der Waals surface area (Å²) < 4.78 is 0. The van der Waals surface area contributed by atoms with Gasteiger partial charge in [-0.2, -0.15) is 0 Å². The molecule has 0 unspecified atom stereocenters. The number of nitrogens with one attached hydrogen (secondary N) is 1. The van der Waals surface area contributed by atoms with Gasteiger partial charge >= 0.3 is 0 Å². The van der Waals surface area contributed by atoms with Crippen LogP contribution in [-0.4, -0.2) is 55.1 Å². The molecular weight excluding hydrogens is 348 g/mol. The normalized spacial score (nSPS) is 18.3. The zero-order valence-corrected chi connectivity index (χ0v) is 16.5. The number of anilines is 1. The summed E-state index contributed by atoms with van der Waals surface area (Å²) in [4.78, 5) is 21.6. The van der Waals surface area contributed by atoms with Gasteiger partial charge in [0.05, 0.1) is 0 Å². The second-order valence-corrected chi connectivity index (χ2v) is 7.90. The Bertz CT molecular complexity index is 765. The van der Waals surface area contributed by atoms with Crippen LogP contribution < -0.4 is 10.2 Å². The van der Waals surface area contributed by atoms with Gasteiger partial charge in [0.1, 0.15) is 5.82 Å². The second kappa shape index (κ2) is 9.20. The van der Waals surface area contributed by atoms with Crippen LogP contribution in [0.25, 0.3) is 0 Å². The van der Waals surface area contributed by atoms with Crippen LogP contribution >= 0.6 is 0 Å². The van der Waals surface area contributed by atoms with Crippen LogP contribution in [-0.2, 0) is 6.42 Å². The molecule has 1 aromatic carbocycles. The van der Waals surface area contributed by atoms with Crippen molar-refractivity contribution < 1.29 is 4.79 Å². The van der Waals surface area contributed by atoms with E-state index in [0.29, 0.717) is 0 Å². The smallest absolute Gasteiger partial charge is 0.253 e. The first kappa shape index (κ1) is 18.9. The van der Waals surface area contributed by atoms with Gasteiger partial charge in [0, 0.05) is 37.9 Å². The maximum Gasteiger partial charge on any atom is 0.253 e. The van der Waals surface area contributed by atoms with E-state index in [9.17, 15) is 4.79 Å². The summed E-state index contributed by atoms with van der Waals surface area (Å²) in [5, 5.41) is 3.43. The lowest BCUT2D eigenvalue weighted by atomic mass is 9.91. The minimum Gasteiger partial charge on any atom is -0.353 e. The Balaban J connectivity index is 1.32. The van der Waals surface area contributed by atoms with E-state index in [0.717, 1.165) is 63.0 Å². The summed E-state index contributed by atoms with van der Waals surface area (Å²) in [5.41, 5.74) is 2.12. The Morgan fingerprint density at radius 2 is 1.86 bits per heavy atom. The van der Waals surface area contributed by atoms with Crippen molar-refractivity contribution in [2.75, 3.05) is 44.2 Å². The molecule has 0 spiro atoms. The van der Waals surface area contributed by atoms with Crippen molar-refractivity contribution >= 4 is 11.7 Å². The number of benzene rings is 1. The topological polar surface area (TPSA) is 48.5 Å². The Kier molecular flexibility index (Phi) is 6.22. The number of amides is 1. The fourth-order valence-corrected chi connectivity index (χ4v) is 4.26. The monoisotopic (exact) mass is 378 g/mol. The highest BCUT2D eigenvalue weighted by Crippen LogP contribution is 2.20. The minimum atomic E-state index is 0.157. The van der Waals surface area contributed by atoms with Gasteiger partial charge in [0.2, 0.25) is 0 Å². The van der Waals surface area contributed by atoms with E-state index in [4.69, 9.17) is 0 Å². The van der Waals surface area contributed by atoms with Gasteiger partial charge in [-0.25, -0.2) is 4.98 Å². The number of carbonyl (C=O) groups excluding carboxylic acids is 1. The summed E-state index contributed by atoms with van der Waals surface area (Å²) in [6, 6.07) is 14.2. The number of piperidine rings is 1. The van der Waals surface area contributed by atoms with Crippen molar-refractivity contribution in [3.63, 3.8) is 0 Å². The second-order valence-electron chi connectivity index (χ2n) is 7.90. The number of hydrogen-bond donors (Lipinski definition) is 1. The van der Waals surface area contributed by atoms with Gasteiger partial charge in [0.25, 0.3) is 5.91 Å². The van der Waals surface area contributed by atoms with Gasteiger partial charge in [0.15, 0.2) is 0 Å². The number of pyridine rings is 1. The molecule has 2 aliphatic rings. The molecule has 5 heteroatoms. The number of aromatic nitrogens is 1. The van der Waals surface area contributed by atoms with E-state index in [-0.39, 0.29) is 5.91 Å². The minimum absolute atomic E-state index is 0.157. The molecule has 28 heavy (non-hydrogen) atoms. The fourth-order valence-electron chi connectivity index (χ4n) is 4.26.